The lowest BCUT2D eigenvalue weighted by Crippen LogP contribution is -2.29. The van der Waals surface area contributed by atoms with E-state index in [2.05, 4.69) is 5.32 Å². The molecular formula is C16H12ClFN2O4S. The first-order valence-corrected chi connectivity index (χ1v) is 9.19. The van der Waals surface area contributed by atoms with Crippen molar-refractivity contribution in [2.75, 3.05) is 15.4 Å². The van der Waals surface area contributed by atoms with Crippen LogP contribution in [0.3, 0.4) is 0 Å². The Bertz CT molecular complexity index is 961. The summed E-state index contributed by atoms with van der Waals surface area (Å²) < 4.78 is 37.4. The van der Waals surface area contributed by atoms with Crippen LogP contribution in [0.1, 0.15) is 16.8 Å². The molecular weight excluding hydrogens is 371 g/mol. The monoisotopic (exact) mass is 382 g/mol. The zero-order valence-electron chi connectivity index (χ0n) is 12.7. The molecule has 1 fully saturated rings. The summed E-state index contributed by atoms with van der Waals surface area (Å²) in [6, 6.07) is 9.11. The van der Waals surface area contributed by atoms with Gasteiger partial charge in [0.1, 0.15) is 5.82 Å². The number of anilines is 2. The molecule has 1 aliphatic rings. The van der Waals surface area contributed by atoms with Crippen LogP contribution in [0, 0.1) is 5.82 Å². The van der Waals surface area contributed by atoms with E-state index in [0.29, 0.717) is 9.99 Å². The van der Waals surface area contributed by atoms with E-state index in [1.54, 1.807) is 0 Å². The Kier molecular flexibility index (Phi) is 4.49. The van der Waals surface area contributed by atoms with Crippen LogP contribution < -0.4 is 9.62 Å². The minimum absolute atomic E-state index is 0.00740. The van der Waals surface area contributed by atoms with E-state index in [9.17, 15) is 22.4 Å². The number of benzene rings is 2. The first-order valence-electron chi connectivity index (χ1n) is 7.20. The maximum atomic E-state index is 12.9. The molecule has 25 heavy (non-hydrogen) atoms. The van der Waals surface area contributed by atoms with Crippen molar-refractivity contribution in [3.63, 3.8) is 0 Å². The minimum atomic E-state index is -3.70. The van der Waals surface area contributed by atoms with Gasteiger partial charge in [-0.3, -0.25) is 9.59 Å². The smallest absolute Gasteiger partial charge is 0.257 e. The number of amides is 2. The highest BCUT2D eigenvalue weighted by Crippen LogP contribution is 2.29. The van der Waals surface area contributed by atoms with Crippen LogP contribution in [-0.2, 0) is 14.8 Å². The Hall–Kier alpha value is -2.45. The largest absolute Gasteiger partial charge is 0.322 e. The highest BCUT2D eigenvalue weighted by Gasteiger charge is 2.36. The molecule has 2 aromatic carbocycles. The van der Waals surface area contributed by atoms with Gasteiger partial charge in [-0.15, -0.1) is 0 Å². The molecule has 2 amide bonds. The molecule has 0 aromatic heterocycles. The fourth-order valence-electron chi connectivity index (χ4n) is 2.41. The number of rotatable bonds is 3. The Labute approximate surface area is 148 Å². The van der Waals surface area contributed by atoms with Crippen LogP contribution in [0.4, 0.5) is 15.8 Å². The van der Waals surface area contributed by atoms with Crippen molar-refractivity contribution in [2.45, 2.75) is 6.42 Å². The van der Waals surface area contributed by atoms with Crippen LogP contribution in [0.2, 0.25) is 5.02 Å². The SMILES string of the molecule is O=C(Nc1ccc(F)cc1)c1ccc(N2C(=O)CCS2(=O)=O)cc1Cl. The van der Waals surface area contributed by atoms with E-state index in [1.807, 2.05) is 0 Å². The summed E-state index contributed by atoms with van der Waals surface area (Å²) in [5.41, 5.74) is 0.563. The predicted molar refractivity (Wildman–Crippen MR) is 91.7 cm³/mol. The second kappa shape index (κ2) is 6.45. The normalized spacial score (nSPS) is 16.1. The van der Waals surface area contributed by atoms with E-state index in [1.165, 1.54) is 42.5 Å². The number of hydrogen-bond donors (Lipinski definition) is 1. The molecule has 1 aliphatic heterocycles. The van der Waals surface area contributed by atoms with Gasteiger partial charge in [0, 0.05) is 12.1 Å². The number of hydrogen-bond acceptors (Lipinski definition) is 4. The molecule has 3 rings (SSSR count). The van der Waals surface area contributed by atoms with Crippen molar-refractivity contribution in [3.05, 3.63) is 58.9 Å². The van der Waals surface area contributed by atoms with Crippen LogP contribution in [0.25, 0.3) is 0 Å². The van der Waals surface area contributed by atoms with Gasteiger partial charge in [-0.2, -0.15) is 0 Å². The molecule has 0 spiro atoms. The standard InChI is InChI=1S/C16H12ClFN2O4S/c17-14-9-12(20-15(21)7-8-25(20,23)24)5-6-13(14)16(22)19-11-3-1-10(18)2-4-11/h1-6,9H,7-8H2,(H,19,22). The van der Waals surface area contributed by atoms with Crippen molar-refractivity contribution in [2.24, 2.45) is 0 Å². The second-order valence-electron chi connectivity index (χ2n) is 5.35. The van der Waals surface area contributed by atoms with E-state index in [0.717, 1.165) is 0 Å². The molecule has 9 heteroatoms. The maximum Gasteiger partial charge on any atom is 0.257 e. The van der Waals surface area contributed by atoms with Gasteiger partial charge in [0.2, 0.25) is 15.9 Å². The van der Waals surface area contributed by atoms with Crippen LogP contribution in [0.5, 0.6) is 0 Å². The zero-order valence-corrected chi connectivity index (χ0v) is 14.3. The molecule has 0 bridgehead atoms. The molecule has 0 radical (unpaired) electrons. The van der Waals surface area contributed by atoms with Crippen LogP contribution >= 0.6 is 11.6 Å². The lowest BCUT2D eigenvalue weighted by molar-refractivity contribution is -0.116. The fraction of sp³-hybridized carbons (Fsp3) is 0.125. The average molecular weight is 383 g/mol. The summed E-state index contributed by atoms with van der Waals surface area (Å²) in [5, 5.41) is 2.54. The summed E-state index contributed by atoms with van der Waals surface area (Å²) in [4.78, 5) is 24.0. The Balaban J connectivity index is 1.86. The van der Waals surface area contributed by atoms with Gasteiger partial charge in [-0.1, -0.05) is 11.6 Å². The van der Waals surface area contributed by atoms with Crippen LogP contribution in [0.15, 0.2) is 42.5 Å². The first kappa shape index (κ1) is 17.4. The van der Waals surface area contributed by atoms with Crippen molar-refractivity contribution < 1.29 is 22.4 Å². The van der Waals surface area contributed by atoms with Gasteiger partial charge in [0.25, 0.3) is 5.91 Å². The molecule has 0 aliphatic carbocycles. The summed E-state index contributed by atoms with van der Waals surface area (Å²) in [6.07, 6.45) is -0.0905. The number of nitrogens with zero attached hydrogens (tertiary/aromatic N) is 1. The lowest BCUT2D eigenvalue weighted by atomic mass is 10.1. The third kappa shape index (κ3) is 3.49. The number of carbonyl (C=O) groups excluding carboxylic acids is 2. The number of halogens is 2. The van der Waals surface area contributed by atoms with Gasteiger partial charge in [0.05, 0.1) is 22.0 Å². The Morgan fingerprint density at radius 3 is 2.40 bits per heavy atom. The van der Waals surface area contributed by atoms with Crippen molar-refractivity contribution in [3.8, 4) is 0 Å². The van der Waals surface area contributed by atoms with Crippen molar-refractivity contribution >= 4 is 44.8 Å². The molecule has 2 aromatic rings. The van der Waals surface area contributed by atoms with Gasteiger partial charge >= 0.3 is 0 Å². The Morgan fingerprint density at radius 1 is 1.16 bits per heavy atom. The van der Waals surface area contributed by atoms with E-state index >= 15 is 0 Å². The number of carbonyl (C=O) groups is 2. The molecule has 0 saturated carbocycles. The lowest BCUT2D eigenvalue weighted by Gasteiger charge is -2.16. The highest BCUT2D eigenvalue weighted by atomic mass is 35.5. The minimum Gasteiger partial charge on any atom is -0.322 e. The van der Waals surface area contributed by atoms with E-state index in [4.69, 9.17) is 11.6 Å². The third-order valence-corrected chi connectivity index (χ3v) is 5.62. The highest BCUT2D eigenvalue weighted by molar-refractivity contribution is 7.94. The van der Waals surface area contributed by atoms with Gasteiger partial charge in [-0.25, -0.2) is 17.1 Å². The quantitative estimate of drug-likeness (QED) is 0.884. The molecule has 1 heterocycles. The first-order chi connectivity index (χ1) is 11.8. The van der Waals surface area contributed by atoms with Gasteiger partial charge < -0.3 is 5.32 Å². The summed E-state index contributed by atoms with van der Waals surface area (Å²) in [5.74, 6) is -1.77. The van der Waals surface area contributed by atoms with Gasteiger partial charge in [-0.05, 0) is 42.5 Å². The predicted octanol–water partition coefficient (Wildman–Crippen LogP) is 2.80. The molecule has 0 unspecified atom stereocenters. The fourth-order valence-corrected chi connectivity index (χ4v) is 4.13. The van der Waals surface area contributed by atoms with E-state index < -0.39 is 27.7 Å². The summed E-state index contributed by atoms with van der Waals surface area (Å²) in [6.45, 7) is 0. The molecule has 1 N–H and O–H groups in total. The molecule has 130 valence electrons. The van der Waals surface area contributed by atoms with Gasteiger partial charge in [0.15, 0.2) is 0 Å². The summed E-state index contributed by atoms with van der Waals surface area (Å²) >= 11 is 6.08. The molecule has 0 atom stereocenters. The van der Waals surface area contributed by atoms with Crippen molar-refractivity contribution in [1.29, 1.82) is 0 Å². The Morgan fingerprint density at radius 2 is 1.84 bits per heavy atom. The average Bonchev–Trinajstić information content (AvgIpc) is 2.82. The second-order valence-corrected chi connectivity index (χ2v) is 7.69. The van der Waals surface area contributed by atoms with Crippen LogP contribution in [-0.4, -0.2) is 26.0 Å². The zero-order chi connectivity index (χ0) is 18.2. The van der Waals surface area contributed by atoms with Crippen molar-refractivity contribution in [1.82, 2.24) is 0 Å². The number of sulfonamides is 1. The topological polar surface area (TPSA) is 83.6 Å². The van der Waals surface area contributed by atoms with E-state index in [-0.39, 0.29) is 28.4 Å². The summed E-state index contributed by atoms with van der Waals surface area (Å²) in [7, 11) is -3.70. The molecule has 1 saturated heterocycles. The number of nitrogens with one attached hydrogen (secondary N) is 1. The maximum absolute atomic E-state index is 12.9. The third-order valence-electron chi connectivity index (χ3n) is 3.61. The molecule has 6 nitrogen and oxygen atoms in total.